The van der Waals surface area contributed by atoms with Gasteiger partial charge in [0.15, 0.2) is 0 Å². The van der Waals surface area contributed by atoms with Gasteiger partial charge in [0.2, 0.25) is 5.91 Å². The van der Waals surface area contributed by atoms with Gasteiger partial charge in [-0.1, -0.05) is 17.8 Å². The molecule has 2 rings (SSSR count). The molecule has 0 atom stereocenters. The summed E-state index contributed by atoms with van der Waals surface area (Å²) in [6.45, 7) is 1.71. The minimum absolute atomic E-state index is 0.135. The molecule has 1 amide bonds. The minimum atomic E-state index is -0.531. The average molecular weight is 306 g/mol. The normalized spacial score (nSPS) is 10.2. The van der Waals surface area contributed by atoms with Crippen molar-refractivity contribution in [2.45, 2.75) is 11.9 Å². The maximum absolute atomic E-state index is 11.9. The van der Waals surface area contributed by atoms with Crippen molar-refractivity contribution in [1.29, 1.82) is 0 Å². The molecule has 0 fully saturated rings. The molecule has 0 aliphatic carbocycles. The molecule has 0 unspecified atom stereocenters. The number of carbonyl (C=O) groups is 1. The SMILES string of the molecule is COc1cccc(NC(=O)CSc2nc(=O)[nH]nc2C)c1. The van der Waals surface area contributed by atoms with Crippen molar-refractivity contribution in [2.75, 3.05) is 18.2 Å². The van der Waals surface area contributed by atoms with E-state index in [4.69, 9.17) is 4.74 Å². The minimum Gasteiger partial charge on any atom is -0.497 e. The van der Waals surface area contributed by atoms with Crippen LogP contribution in [-0.4, -0.2) is 34.0 Å². The van der Waals surface area contributed by atoms with Crippen LogP contribution < -0.4 is 15.7 Å². The molecule has 21 heavy (non-hydrogen) atoms. The van der Waals surface area contributed by atoms with Crippen molar-refractivity contribution in [3.8, 4) is 5.75 Å². The number of benzene rings is 1. The topological polar surface area (TPSA) is 97.0 Å². The molecule has 110 valence electrons. The molecule has 0 aliphatic heterocycles. The number of aromatic nitrogens is 3. The van der Waals surface area contributed by atoms with E-state index < -0.39 is 5.69 Å². The van der Waals surface area contributed by atoms with Crippen LogP contribution in [0.3, 0.4) is 0 Å². The lowest BCUT2D eigenvalue weighted by Gasteiger charge is -2.07. The second kappa shape index (κ2) is 6.89. The Morgan fingerprint density at radius 1 is 1.48 bits per heavy atom. The van der Waals surface area contributed by atoms with Crippen LogP contribution in [0.1, 0.15) is 5.69 Å². The fraction of sp³-hybridized carbons (Fsp3) is 0.231. The highest BCUT2D eigenvalue weighted by Crippen LogP contribution is 2.19. The van der Waals surface area contributed by atoms with E-state index in [2.05, 4.69) is 20.5 Å². The maximum atomic E-state index is 11.9. The fourth-order valence-electron chi connectivity index (χ4n) is 1.55. The second-order valence-corrected chi connectivity index (χ2v) is 5.06. The average Bonchev–Trinajstić information content (AvgIpc) is 2.48. The number of aromatic amines is 1. The first-order valence-electron chi connectivity index (χ1n) is 6.08. The number of methoxy groups -OCH3 is 1. The highest BCUT2D eigenvalue weighted by Gasteiger charge is 2.08. The first kappa shape index (κ1) is 15.0. The van der Waals surface area contributed by atoms with Crippen LogP contribution in [0.25, 0.3) is 0 Å². The zero-order valence-corrected chi connectivity index (χ0v) is 12.4. The van der Waals surface area contributed by atoms with Crippen LogP contribution in [0.2, 0.25) is 0 Å². The van der Waals surface area contributed by atoms with Crippen LogP contribution in [0.15, 0.2) is 34.1 Å². The molecule has 2 N–H and O–H groups in total. The molecule has 0 saturated carbocycles. The Hall–Kier alpha value is -2.35. The van der Waals surface area contributed by atoms with E-state index >= 15 is 0 Å². The lowest BCUT2D eigenvalue weighted by atomic mass is 10.3. The molecule has 7 nitrogen and oxygen atoms in total. The molecule has 2 aromatic rings. The summed E-state index contributed by atoms with van der Waals surface area (Å²) in [6.07, 6.45) is 0. The van der Waals surface area contributed by atoms with E-state index in [1.54, 1.807) is 38.3 Å². The summed E-state index contributed by atoms with van der Waals surface area (Å²) in [6, 6.07) is 7.07. The van der Waals surface area contributed by atoms with Crippen molar-refractivity contribution in [2.24, 2.45) is 0 Å². The molecule has 0 bridgehead atoms. The number of thioether (sulfide) groups is 1. The second-order valence-electron chi connectivity index (χ2n) is 4.10. The van der Waals surface area contributed by atoms with Gasteiger partial charge in [0.05, 0.1) is 18.6 Å². The fourth-order valence-corrected chi connectivity index (χ4v) is 2.29. The Morgan fingerprint density at radius 3 is 3.05 bits per heavy atom. The zero-order chi connectivity index (χ0) is 15.2. The Labute approximate surface area is 125 Å². The number of amides is 1. The van der Waals surface area contributed by atoms with Crippen LogP contribution in [0.4, 0.5) is 5.69 Å². The van der Waals surface area contributed by atoms with E-state index in [-0.39, 0.29) is 11.7 Å². The summed E-state index contributed by atoms with van der Waals surface area (Å²) in [5.74, 6) is 0.599. The van der Waals surface area contributed by atoms with Gasteiger partial charge in [-0.3, -0.25) is 4.79 Å². The van der Waals surface area contributed by atoms with Crippen molar-refractivity contribution in [3.05, 3.63) is 40.4 Å². The monoisotopic (exact) mass is 306 g/mol. The van der Waals surface area contributed by atoms with Gasteiger partial charge in [-0.25, -0.2) is 9.89 Å². The van der Waals surface area contributed by atoms with Gasteiger partial charge in [0, 0.05) is 11.8 Å². The number of ether oxygens (including phenoxy) is 1. The molecule has 1 heterocycles. The third kappa shape index (κ3) is 4.32. The lowest BCUT2D eigenvalue weighted by molar-refractivity contribution is -0.113. The Kier molecular flexibility index (Phi) is 4.94. The highest BCUT2D eigenvalue weighted by molar-refractivity contribution is 8.00. The van der Waals surface area contributed by atoms with Gasteiger partial charge in [-0.05, 0) is 19.1 Å². The maximum Gasteiger partial charge on any atom is 0.362 e. The van der Waals surface area contributed by atoms with Gasteiger partial charge < -0.3 is 10.1 Å². The predicted molar refractivity (Wildman–Crippen MR) is 79.7 cm³/mol. The first-order chi connectivity index (χ1) is 10.1. The van der Waals surface area contributed by atoms with E-state index in [1.807, 2.05) is 0 Å². The number of carbonyl (C=O) groups excluding carboxylic acids is 1. The first-order valence-corrected chi connectivity index (χ1v) is 7.07. The number of rotatable bonds is 5. The molecule has 1 aromatic carbocycles. The number of hydrogen-bond donors (Lipinski definition) is 2. The molecule has 0 spiro atoms. The smallest absolute Gasteiger partial charge is 0.362 e. The molecule has 1 aromatic heterocycles. The third-order valence-corrected chi connectivity index (χ3v) is 3.59. The van der Waals surface area contributed by atoms with Crippen LogP contribution in [0, 0.1) is 6.92 Å². The van der Waals surface area contributed by atoms with Gasteiger partial charge in [0.1, 0.15) is 10.8 Å². The number of anilines is 1. The van der Waals surface area contributed by atoms with Gasteiger partial charge >= 0.3 is 5.69 Å². The van der Waals surface area contributed by atoms with Crippen molar-refractivity contribution in [1.82, 2.24) is 15.2 Å². The summed E-state index contributed by atoms with van der Waals surface area (Å²) in [5, 5.41) is 9.22. The van der Waals surface area contributed by atoms with E-state index in [1.165, 1.54) is 0 Å². The summed E-state index contributed by atoms with van der Waals surface area (Å²) < 4.78 is 5.08. The number of hydrogen-bond acceptors (Lipinski definition) is 6. The number of H-pyrrole nitrogens is 1. The predicted octanol–water partition coefficient (Wildman–Crippen LogP) is 1.21. The number of nitrogens with zero attached hydrogens (tertiary/aromatic N) is 2. The summed E-state index contributed by atoms with van der Waals surface area (Å²) in [4.78, 5) is 26.7. The zero-order valence-electron chi connectivity index (χ0n) is 11.5. The van der Waals surface area contributed by atoms with Crippen molar-refractivity contribution < 1.29 is 9.53 Å². The van der Waals surface area contributed by atoms with E-state index in [9.17, 15) is 9.59 Å². The molecule has 8 heteroatoms. The largest absolute Gasteiger partial charge is 0.497 e. The summed E-state index contributed by atoms with van der Waals surface area (Å²) in [7, 11) is 1.56. The molecular formula is C13H14N4O3S. The van der Waals surface area contributed by atoms with E-state index in [0.29, 0.717) is 22.2 Å². The Morgan fingerprint density at radius 2 is 2.29 bits per heavy atom. The van der Waals surface area contributed by atoms with Crippen LogP contribution in [0.5, 0.6) is 5.75 Å². The van der Waals surface area contributed by atoms with E-state index in [0.717, 1.165) is 11.8 Å². The number of aryl methyl sites for hydroxylation is 1. The molecule has 0 radical (unpaired) electrons. The molecule has 0 aliphatic rings. The quantitative estimate of drug-likeness (QED) is 0.806. The van der Waals surface area contributed by atoms with Crippen molar-refractivity contribution >= 4 is 23.4 Å². The van der Waals surface area contributed by atoms with Gasteiger partial charge in [0.25, 0.3) is 0 Å². The third-order valence-electron chi connectivity index (χ3n) is 2.53. The van der Waals surface area contributed by atoms with Crippen molar-refractivity contribution in [3.63, 3.8) is 0 Å². The highest BCUT2D eigenvalue weighted by atomic mass is 32.2. The standard InChI is InChI=1S/C13H14N4O3S/c1-8-12(15-13(19)17-16-8)21-7-11(18)14-9-4-3-5-10(6-9)20-2/h3-6H,7H2,1-2H3,(H,14,18)(H,15,17,19). The molecular weight excluding hydrogens is 292 g/mol. The Balaban J connectivity index is 1.95. The van der Waals surface area contributed by atoms with Crippen LogP contribution in [-0.2, 0) is 4.79 Å². The number of nitrogens with one attached hydrogen (secondary N) is 2. The van der Waals surface area contributed by atoms with Crippen LogP contribution >= 0.6 is 11.8 Å². The summed E-state index contributed by atoms with van der Waals surface area (Å²) in [5.41, 5.74) is 0.693. The summed E-state index contributed by atoms with van der Waals surface area (Å²) >= 11 is 1.16. The lowest BCUT2D eigenvalue weighted by Crippen LogP contribution is -2.17. The Bertz CT molecular complexity index is 702. The van der Waals surface area contributed by atoms with Gasteiger partial charge in [-0.2, -0.15) is 10.1 Å². The molecule has 0 saturated heterocycles. The van der Waals surface area contributed by atoms with Gasteiger partial charge in [-0.15, -0.1) is 0 Å².